The van der Waals surface area contributed by atoms with Crippen LogP contribution in [0.2, 0.25) is 0 Å². The summed E-state index contributed by atoms with van der Waals surface area (Å²) >= 11 is 0. The van der Waals surface area contributed by atoms with Gasteiger partial charge in [-0.15, -0.1) is 0 Å². The Kier molecular flexibility index (Phi) is 15.2. The lowest BCUT2D eigenvalue weighted by Gasteiger charge is -2.26. The van der Waals surface area contributed by atoms with Crippen LogP contribution in [-0.2, 0) is 14.4 Å². The number of halogens is 9. The summed E-state index contributed by atoms with van der Waals surface area (Å²) in [6.45, 7) is 0. The quantitative estimate of drug-likeness (QED) is 0.200. The Balaban J connectivity index is 0.000000486. The Hall–Kier alpha value is -6.40. The lowest BCUT2D eigenvalue weighted by molar-refractivity contribution is -0.193. The van der Waals surface area contributed by atoms with Crippen molar-refractivity contribution in [3.63, 3.8) is 0 Å². The molecule has 0 bridgehead atoms. The summed E-state index contributed by atoms with van der Waals surface area (Å²) in [7, 11) is 0. The molecule has 0 aliphatic heterocycles. The number of carboxylic acid groups (broad SMARTS) is 3. The van der Waals surface area contributed by atoms with E-state index in [0.717, 1.165) is 16.8 Å². The number of nitriles is 1. The molecule has 0 radical (unpaired) electrons. The number of pyridine rings is 1. The normalized spacial score (nSPS) is 12.1. The molecule has 3 aromatic heterocycles. The van der Waals surface area contributed by atoms with Crippen molar-refractivity contribution in [1.82, 2.24) is 24.9 Å². The van der Waals surface area contributed by atoms with Gasteiger partial charge in [-0.25, -0.2) is 24.4 Å². The van der Waals surface area contributed by atoms with Gasteiger partial charge >= 0.3 is 36.4 Å². The Bertz CT molecular complexity index is 1660. The van der Waals surface area contributed by atoms with Crippen molar-refractivity contribution in [2.75, 3.05) is 5.73 Å². The lowest BCUT2D eigenvalue weighted by atomic mass is 9.79. The van der Waals surface area contributed by atoms with Gasteiger partial charge in [0.1, 0.15) is 11.6 Å². The predicted octanol–water partition coefficient (Wildman–Crippen LogP) is 4.98. The van der Waals surface area contributed by atoms with E-state index in [9.17, 15) is 44.8 Å². The SMILES string of the molecule is N#Cc1cccc(C(c2nccc(N)n2)C(c2cccnc2)c2cnccn2)c1.O=C(O)C(F)(F)F.O=C(O)C(F)(F)F.O=C(O)C(F)(F)F. The number of alkyl halides is 9. The summed E-state index contributed by atoms with van der Waals surface area (Å²) < 4.78 is 95.2. The van der Waals surface area contributed by atoms with Crippen LogP contribution in [0.15, 0.2) is 79.6 Å². The molecule has 0 aliphatic rings. The number of anilines is 1. The fourth-order valence-corrected chi connectivity index (χ4v) is 3.40. The van der Waals surface area contributed by atoms with E-state index in [-0.39, 0.29) is 11.8 Å². The molecule has 13 nitrogen and oxygen atoms in total. The molecule has 0 saturated carbocycles. The number of nitrogen functional groups attached to an aromatic ring is 1. The van der Waals surface area contributed by atoms with Gasteiger partial charge in [-0.2, -0.15) is 44.8 Å². The largest absolute Gasteiger partial charge is 0.490 e. The van der Waals surface area contributed by atoms with E-state index in [1.807, 2.05) is 30.3 Å². The van der Waals surface area contributed by atoms with Crippen molar-refractivity contribution in [3.8, 4) is 6.07 Å². The number of nitrogens with zero attached hydrogens (tertiary/aromatic N) is 6. The monoisotopic (exact) mass is 721 g/mol. The standard InChI is InChI=1S/C22H17N7.3C2HF3O2/c23-12-15-3-1-4-16(11-15)21(22-28-8-6-19(24)29-22)20(17-5-2-7-25-13-17)18-14-26-9-10-27-18;3*3-2(4,5)1(6)7/h1-11,13-14,20-21H,(H2,24,28,29);3*(H,6,7). The summed E-state index contributed by atoms with van der Waals surface area (Å²) in [5.41, 5.74) is 9.09. The maximum atomic E-state index is 10.6. The first-order valence-electron chi connectivity index (χ1n) is 12.7. The van der Waals surface area contributed by atoms with Crippen LogP contribution in [0.1, 0.15) is 40.0 Å². The van der Waals surface area contributed by atoms with E-state index >= 15 is 0 Å². The zero-order valence-electron chi connectivity index (χ0n) is 24.4. The minimum absolute atomic E-state index is 0.270. The van der Waals surface area contributed by atoms with Crippen LogP contribution < -0.4 is 5.73 Å². The minimum Gasteiger partial charge on any atom is -0.475 e. The second kappa shape index (κ2) is 18.2. The highest BCUT2D eigenvalue weighted by molar-refractivity contribution is 5.73. The predicted molar refractivity (Wildman–Crippen MR) is 149 cm³/mol. The first kappa shape index (κ1) is 41.6. The highest BCUT2D eigenvalue weighted by Gasteiger charge is 2.39. The van der Waals surface area contributed by atoms with Crippen LogP contribution in [0, 0.1) is 11.3 Å². The molecular formula is C28H20F9N7O6. The maximum absolute atomic E-state index is 10.6. The van der Waals surface area contributed by atoms with Crippen molar-refractivity contribution in [2.45, 2.75) is 30.4 Å². The maximum Gasteiger partial charge on any atom is 0.490 e. The first-order valence-corrected chi connectivity index (χ1v) is 12.7. The van der Waals surface area contributed by atoms with E-state index in [4.69, 9.17) is 35.4 Å². The van der Waals surface area contributed by atoms with Crippen molar-refractivity contribution >= 4 is 23.7 Å². The average molecular weight is 721 g/mol. The number of rotatable bonds is 5. The number of carbonyl (C=O) groups is 3. The van der Waals surface area contributed by atoms with Crippen LogP contribution in [-0.4, -0.2) is 76.7 Å². The molecule has 4 rings (SSSR count). The van der Waals surface area contributed by atoms with Gasteiger partial charge in [0.25, 0.3) is 0 Å². The molecule has 0 fully saturated rings. The molecule has 0 saturated heterocycles. The Morgan fingerprint density at radius 1 is 0.680 bits per heavy atom. The molecule has 2 atom stereocenters. The van der Waals surface area contributed by atoms with Crippen LogP contribution >= 0.6 is 0 Å². The third-order valence-corrected chi connectivity index (χ3v) is 5.35. The molecule has 2 unspecified atom stereocenters. The van der Waals surface area contributed by atoms with Crippen molar-refractivity contribution in [1.29, 1.82) is 5.26 Å². The zero-order chi connectivity index (χ0) is 38.3. The van der Waals surface area contributed by atoms with Crippen molar-refractivity contribution in [2.24, 2.45) is 0 Å². The fraction of sp³-hybridized carbons (Fsp3) is 0.179. The summed E-state index contributed by atoms with van der Waals surface area (Å²) in [6, 6.07) is 15.1. The van der Waals surface area contributed by atoms with Gasteiger partial charge in [-0.05, 0) is 35.4 Å². The smallest absolute Gasteiger partial charge is 0.475 e. The van der Waals surface area contributed by atoms with Gasteiger partial charge in [0.05, 0.1) is 23.2 Å². The molecule has 0 amide bonds. The zero-order valence-corrected chi connectivity index (χ0v) is 24.4. The van der Waals surface area contributed by atoms with Gasteiger partial charge in [-0.3, -0.25) is 15.0 Å². The lowest BCUT2D eigenvalue weighted by Crippen LogP contribution is -2.21. The Labute approximate surface area is 273 Å². The Morgan fingerprint density at radius 2 is 1.20 bits per heavy atom. The highest BCUT2D eigenvalue weighted by atomic mass is 19.4. The molecule has 3 heterocycles. The summed E-state index contributed by atoms with van der Waals surface area (Å²) in [5.74, 6) is -7.96. The van der Waals surface area contributed by atoms with Crippen LogP contribution in [0.4, 0.5) is 45.3 Å². The van der Waals surface area contributed by atoms with E-state index in [1.54, 1.807) is 49.3 Å². The molecule has 1 aromatic carbocycles. The molecule has 0 aliphatic carbocycles. The third-order valence-electron chi connectivity index (χ3n) is 5.35. The van der Waals surface area contributed by atoms with Crippen LogP contribution in [0.5, 0.6) is 0 Å². The van der Waals surface area contributed by atoms with E-state index in [0.29, 0.717) is 17.2 Å². The van der Waals surface area contributed by atoms with Crippen LogP contribution in [0.25, 0.3) is 0 Å². The Morgan fingerprint density at radius 3 is 1.62 bits per heavy atom. The van der Waals surface area contributed by atoms with Crippen molar-refractivity contribution in [3.05, 3.63) is 108 Å². The van der Waals surface area contributed by atoms with Gasteiger partial charge in [0, 0.05) is 43.1 Å². The third kappa shape index (κ3) is 14.2. The molecule has 4 aromatic rings. The number of carboxylic acids is 3. The second-order valence-corrected chi connectivity index (χ2v) is 8.86. The number of aromatic nitrogens is 5. The van der Waals surface area contributed by atoms with E-state index in [1.165, 1.54) is 0 Å². The highest BCUT2D eigenvalue weighted by Crippen LogP contribution is 2.40. The molecule has 0 spiro atoms. The molecule has 266 valence electrons. The summed E-state index contributed by atoms with van der Waals surface area (Å²) in [6.07, 6.45) is -5.08. The minimum atomic E-state index is -5.08. The molecule has 5 N–H and O–H groups in total. The summed E-state index contributed by atoms with van der Waals surface area (Å²) in [5, 5.41) is 30.8. The number of aliphatic carboxylic acids is 3. The average Bonchev–Trinajstić information content (AvgIpc) is 3.04. The molecule has 22 heteroatoms. The molecule has 50 heavy (non-hydrogen) atoms. The van der Waals surface area contributed by atoms with Gasteiger partial charge in [-0.1, -0.05) is 18.2 Å². The van der Waals surface area contributed by atoms with Crippen LogP contribution in [0.3, 0.4) is 0 Å². The number of nitrogens with two attached hydrogens (primary N) is 1. The van der Waals surface area contributed by atoms with Gasteiger partial charge in [0.2, 0.25) is 0 Å². The summed E-state index contributed by atoms with van der Waals surface area (Å²) in [4.78, 5) is 48.8. The van der Waals surface area contributed by atoms with Gasteiger partial charge in [0.15, 0.2) is 0 Å². The topological polar surface area (TPSA) is 226 Å². The first-order chi connectivity index (χ1) is 23.1. The second-order valence-electron chi connectivity index (χ2n) is 8.86. The van der Waals surface area contributed by atoms with E-state index < -0.39 is 36.4 Å². The number of benzene rings is 1. The number of hydrogen-bond acceptors (Lipinski definition) is 10. The molecular weight excluding hydrogens is 701 g/mol. The van der Waals surface area contributed by atoms with E-state index in [2.05, 4.69) is 31.0 Å². The fourth-order valence-electron chi connectivity index (χ4n) is 3.40. The van der Waals surface area contributed by atoms with Gasteiger partial charge < -0.3 is 21.1 Å². The van der Waals surface area contributed by atoms with Crippen molar-refractivity contribution < 1.29 is 69.2 Å². The number of hydrogen-bond donors (Lipinski definition) is 4.